The van der Waals surface area contributed by atoms with Crippen LogP contribution in [0.4, 0.5) is 0 Å². The molecule has 0 fully saturated rings. The molecule has 0 bridgehead atoms. The number of rotatable bonds is 2. The van der Waals surface area contributed by atoms with Gasteiger partial charge in [0.25, 0.3) is 0 Å². The minimum atomic E-state index is -0.566. The third-order valence-corrected chi connectivity index (χ3v) is 1.18. The summed E-state index contributed by atoms with van der Waals surface area (Å²) >= 11 is 0. The number of carbonyl (C=O) groups is 1. The maximum absolute atomic E-state index is 10.5. The van der Waals surface area contributed by atoms with Crippen molar-refractivity contribution >= 4 is 5.91 Å². The molecule has 1 N–H and O–H groups in total. The Morgan fingerprint density at radius 2 is 2.45 bits per heavy atom. The Balaban J connectivity index is 2.58. The van der Waals surface area contributed by atoms with Crippen molar-refractivity contribution in [3.05, 3.63) is 35.3 Å². The SMILES string of the molecule is O=C(Cc1ccccn1)N[O-]. The highest BCUT2D eigenvalue weighted by atomic mass is 16.5. The van der Waals surface area contributed by atoms with E-state index >= 15 is 0 Å². The zero-order chi connectivity index (χ0) is 8.10. The van der Waals surface area contributed by atoms with Gasteiger partial charge in [0, 0.05) is 11.9 Å². The average molecular weight is 151 g/mol. The molecular formula is C7H7N2O2-. The first-order valence-corrected chi connectivity index (χ1v) is 3.14. The molecule has 1 aromatic heterocycles. The molecule has 0 unspecified atom stereocenters. The van der Waals surface area contributed by atoms with Crippen LogP contribution in [0.1, 0.15) is 5.69 Å². The van der Waals surface area contributed by atoms with Crippen molar-refractivity contribution in [3.8, 4) is 0 Å². The van der Waals surface area contributed by atoms with Gasteiger partial charge in [0.15, 0.2) is 0 Å². The van der Waals surface area contributed by atoms with E-state index in [4.69, 9.17) is 0 Å². The molecule has 1 amide bonds. The molecule has 1 aromatic rings. The van der Waals surface area contributed by atoms with Crippen molar-refractivity contribution in [2.24, 2.45) is 0 Å². The second kappa shape index (κ2) is 3.68. The van der Waals surface area contributed by atoms with Crippen LogP contribution in [0.3, 0.4) is 0 Å². The number of nitrogens with zero attached hydrogens (tertiary/aromatic N) is 1. The smallest absolute Gasteiger partial charge is 0.215 e. The fraction of sp³-hybridized carbons (Fsp3) is 0.143. The predicted molar refractivity (Wildman–Crippen MR) is 39.5 cm³/mol. The number of carbonyl (C=O) groups excluding carboxylic acids is 1. The lowest BCUT2D eigenvalue weighted by molar-refractivity contribution is -0.119. The standard InChI is InChI=1S/C7H7N2O2/c10-7(9-11)5-6-3-1-2-4-8-6/h1-4H,5H2,(H-,9,10,11)/q-1. The van der Waals surface area contributed by atoms with E-state index in [1.807, 2.05) is 0 Å². The predicted octanol–water partition coefficient (Wildman–Crippen LogP) is 0.238. The average Bonchev–Trinajstić information content (AvgIpc) is 2.06. The van der Waals surface area contributed by atoms with Gasteiger partial charge >= 0.3 is 0 Å². The van der Waals surface area contributed by atoms with E-state index in [0.29, 0.717) is 5.69 Å². The largest absolute Gasteiger partial charge is 0.759 e. The highest BCUT2D eigenvalue weighted by Crippen LogP contribution is 1.93. The molecule has 0 saturated carbocycles. The molecule has 0 saturated heterocycles. The zero-order valence-electron chi connectivity index (χ0n) is 5.78. The van der Waals surface area contributed by atoms with Gasteiger partial charge in [-0.15, -0.1) is 0 Å². The van der Waals surface area contributed by atoms with Crippen LogP contribution >= 0.6 is 0 Å². The number of hydrogen-bond acceptors (Lipinski definition) is 3. The fourth-order valence-electron chi connectivity index (χ4n) is 0.703. The first kappa shape index (κ1) is 7.68. The Kier molecular flexibility index (Phi) is 2.57. The molecule has 1 heterocycles. The first-order chi connectivity index (χ1) is 5.33. The summed E-state index contributed by atoms with van der Waals surface area (Å²) in [5.41, 5.74) is 1.88. The van der Waals surface area contributed by atoms with Crippen LogP contribution in [-0.2, 0) is 11.2 Å². The van der Waals surface area contributed by atoms with Gasteiger partial charge in [0.1, 0.15) is 0 Å². The summed E-state index contributed by atoms with van der Waals surface area (Å²) in [7, 11) is 0. The summed E-state index contributed by atoms with van der Waals surface area (Å²) in [6, 6.07) is 5.20. The monoisotopic (exact) mass is 151 g/mol. The van der Waals surface area contributed by atoms with Crippen LogP contribution in [-0.4, -0.2) is 10.9 Å². The van der Waals surface area contributed by atoms with E-state index in [-0.39, 0.29) is 6.42 Å². The minimum Gasteiger partial charge on any atom is -0.759 e. The van der Waals surface area contributed by atoms with Gasteiger partial charge in [0.2, 0.25) is 5.91 Å². The normalized spacial score (nSPS) is 9.18. The molecule has 1 rings (SSSR count). The maximum Gasteiger partial charge on any atom is 0.215 e. The molecule has 0 radical (unpaired) electrons. The van der Waals surface area contributed by atoms with Crippen molar-refractivity contribution in [3.63, 3.8) is 0 Å². The van der Waals surface area contributed by atoms with Gasteiger partial charge < -0.3 is 10.7 Å². The number of pyridine rings is 1. The van der Waals surface area contributed by atoms with Crippen molar-refractivity contribution < 1.29 is 4.79 Å². The summed E-state index contributed by atoms with van der Waals surface area (Å²) in [6.07, 6.45) is 1.62. The minimum absolute atomic E-state index is 0.0460. The van der Waals surface area contributed by atoms with E-state index < -0.39 is 5.91 Å². The second-order valence-corrected chi connectivity index (χ2v) is 2.02. The Hall–Kier alpha value is -1.42. The molecule has 58 valence electrons. The third kappa shape index (κ3) is 2.35. The lowest BCUT2D eigenvalue weighted by Crippen LogP contribution is -2.18. The van der Waals surface area contributed by atoms with E-state index in [1.54, 1.807) is 24.4 Å². The zero-order valence-corrected chi connectivity index (χ0v) is 5.78. The molecule has 0 aliphatic carbocycles. The summed E-state index contributed by atoms with van der Waals surface area (Å²) in [5, 5.41) is 9.81. The first-order valence-electron chi connectivity index (χ1n) is 3.14. The summed E-state index contributed by atoms with van der Waals surface area (Å²) < 4.78 is 0. The molecular weight excluding hydrogens is 144 g/mol. The molecule has 0 spiro atoms. The van der Waals surface area contributed by atoms with Crippen molar-refractivity contribution in [2.45, 2.75) is 6.42 Å². The van der Waals surface area contributed by atoms with E-state index in [2.05, 4.69) is 4.98 Å². The summed E-state index contributed by atoms with van der Waals surface area (Å²) in [6.45, 7) is 0. The molecule has 4 heteroatoms. The van der Waals surface area contributed by atoms with Crippen LogP contribution in [0.25, 0.3) is 0 Å². The fourth-order valence-corrected chi connectivity index (χ4v) is 0.703. The molecule has 4 nitrogen and oxygen atoms in total. The van der Waals surface area contributed by atoms with E-state index in [9.17, 15) is 10.0 Å². The molecule has 0 aliphatic rings. The van der Waals surface area contributed by atoms with Gasteiger partial charge in [-0.2, -0.15) is 0 Å². The quantitative estimate of drug-likeness (QED) is 0.615. The Morgan fingerprint density at radius 1 is 1.64 bits per heavy atom. The Bertz CT molecular complexity index is 235. The number of hydroxylamine groups is 1. The lowest BCUT2D eigenvalue weighted by Gasteiger charge is -2.05. The number of nitrogens with one attached hydrogen (secondary N) is 1. The number of aromatic nitrogens is 1. The van der Waals surface area contributed by atoms with Crippen LogP contribution < -0.4 is 5.48 Å². The molecule has 0 atom stereocenters. The van der Waals surface area contributed by atoms with Crippen LogP contribution in [0, 0.1) is 5.21 Å². The van der Waals surface area contributed by atoms with Crippen molar-refractivity contribution in [2.75, 3.05) is 0 Å². The summed E-state index contributed by atoms with van der Waals surface area (Å²) in [5.74, 6) is -0.566. The van der Waals surface area contributed by atoms with Gasteiger partial charge in [-0.1, -0.05) is 6.07 Å². The van der Waals surface area contributed by atoms with Crippen LogP contribution in [0.15, 0.2) is 24.4 Å². The second-order valence-electron chi connectivity index (χ2n) is 2.02. The van der Waals surface area contributed by atoms with Crippen LogP contribution in [0.5, 0.6) is 0 Å². The van der Waals surface area contributed by atoms with Crippen LogP contribution in [0.2, 0.25) is 0 Å². The van der Waals surface area contributed by atoms with E-state index in [1.165, 1.54) is 5.48 Å². The lowest BCUT2D eigenvalue weighted by atomic mass is 10.3. The third-order valence-electron chi connectivity index (χ3n) is 1.18. The topological polar surface area (TPSA) is 65.0 Å². The maximum atomic E-state index is 10.5. The van der Waals surface area contributed by atoms with Gasteiger partial charge in [-0.3, -0.25) is 9.78 Å². The Morgan fingerprint density at radius 3 is 3.00 bits per heavy atom. The van der Waals surface area contributed by atoms with Gasteiger partial charge in [-0.25, -0.2) is 0 Å². The van der Waals surface area contributed by atoms with E-state index in [0.717, 1.165) is 0 Å². The summed E-state index contributed by atoms with van der Waals surface area (Å²) in [4.78, 5) is 14.4. The highest BCUT2D eigenvalue weighted by Gasteiger charge is 1.97. The van der Waals surface area contributed by atoms with Gasteiger partial charge in [-0.05, 0) is 12.1 Å². The van der Waals surface area contributed by atoms with Crippen molar-refractivity contribution in [1.82, 2.24) is 10.5 Å². The Labute approximate surface area is 63.8 Å². The molecule has 0 aliphatic heterocycles. The molecule has 0 aromatic carbocycles. The van der Waals surface area contributed by atoms with Gasteiger partial charge in [0.05, 0.1) is 6.42 Å². The number of hydrogen-bond donors (Lipinski definition) is 1. The van der Waals surface area contributed by atoms with Crippen molar-refractivity contribution in [1.29, 1.82) is 0 Å². The molecule has 11 heavy (non-hydrogen) atoms. The highest BCUT2D eigenvalue weighted by molar-refractivity contribution is 5.78. The number of amides is 1.